The van der Waals surface area contributed by atoms with Gasteiger partial charge in [0.2, 0.25) is 0 Å². The van der Waals surface area contributed by atoms with Crippen LogP contribution in [-0.4, -0.2) is 52.0 Å². The highest BCUT2D eigenvalue weighted by Gasteiger charge is 2.25. The van der Waals surface area contributed by atoms with E-state index in [1.54, 1.807) is 19.2 Å². The predicted octanol–water partition coefficient (Wildman–Crippen LogP) is 4.79. The molecule has 0 saturated carbocycles. The number of nitrogens with one attached hydrogen (secondary N) is 1. The molecule has 3 aromatic carbocycles. The highest BCUT2D eigenvalue weighted by Crippen LogP contribution is 2.21. The molecule has 38 heavy (non-hydrogen) atoms. The molecule has 0 aliphatic rings. The van der Waals surface area contributed by atoms with Gasteiger partial charge < -0.3 is 30.2 Å². The fraction of sp³-hybridized carbons (Fsp3) is 0.333. The smallest absolute Gasteiger partial charge is 0.408 e. The molecule has 0 fully saturated rings. The Bertz CT molecular complexity index is 1020. The number of anilines is 1. The minimum Gasteiger partial charge on any atom is -0.494 e. The molecule has 0 spiro atoms. The third kappa shape index (κ3) is 11.9. The Morgan fingerprint density at radius 1 is 0.895 bits per heavy atom. The second-order valence-electron chi connectivity index (χ2n) is 8.46. The number of unbranched alkanes of at least 4 members (excludes halogenated alkanes) is 2. The molecule has 3 rings (SSSR count). The molecule has 204 valence electrons. The number of alkyl carbamates (subject to hydrolysis) is 1. The number of hydrogen-bond acceptors (Lipinski definition) is 6. The number of amides is 2. The summed E-state index contributed by atoms with van der Waals surface area (Å²) < 4.78 is 16.1. The van der Waals surface area contributed by atoms with Gasteiger partial charge in [-0.25, -0.2) is 4.79 Å². The molecule has 0 aromatic heterocycles. The van der Waals surface area contributed by atoms with Crippen LogP contribution in [0.1, 0.15) is 24.8 Å². The Hall–Kier alpha value is -3.88. The van der Waals surface area contributed by atoms with Crippen LogP contribution in [0.2, 0.25) is 0 Å². The van der Waals surface area contributed by atoms with Gasteiger partial charge >= 0.3 is 6.09 Å². The van der Waals surface area contributed by atoms with E-state index >= 15 is 0 Å². The van der Waals surface area contributed by atoms with Crippen molar-refractivity contribution in [2.24, 2.45) is 5.73 Å². The number of methoxy groups -OCH3 is 1. The van der Waals surface area contributed by atoms with Gasteiger partial charge in [0.1, 0.15) is 18.4 Å². The van der Waals surface area contributed by atoms with Gasteiger partial charge in [-0.3, -0.25) is 4.79 Å². The maximum absolute atomic E-state index is 13.0. The molecule has 0 aliphatic carbocycles. The first-order chi connectivity index (χ1) is 18.5. The molecule has 0 radical (unpaired) electrons. The second kappa shape index (κ2) is 18.4. The zero-order valence-corrected chi connectivity index (χ0v) is 22.3. The van der Waals surface area contributed by atoms with Crippen LogP contribution in [0.4, 0.5) is 10.5 Å². The quantitative estimate of drug-likeness (QED) is 0.314. The number of likely N-dealkylation sites (N-methyl/N-ethyl adjacent to an activating group) is 1. The van der Waals surface area contributed by atoms with Crippen molar-refractivity contribution in [3.63, 3.8) is 0 Å². The van der Waals surface area contributed by atoms with Gasteiger partial charge in [0.05, 0.1) is 13.2 Å². The maximum atomic E-state index is 13.0. The van der Waals surface area contributed by atoms with E-state index in [2.05, 4.69) is 5.32 Å². The number of hydrogen-bond donors (Lipinski definition) is 2. The first-order valence-electron chi connectivity index (χ1n) is 12.7. The molecule has 8 heteroatoms. The van der Waals surface area contributed by atoms with E-state index < -0.39 is 12.1 Å². The summed E-state index contributed by atoms with van der Waals surface area (Å²) in [6.45, 7) is 1.39. The molecule has 1 atom stereocenters. The Balaban J connectivity index is 0.000000739. The Morgan fingerprint density at radius 2 is 1.55 bits per heavy atom. The summed E-state index contributed by atoms with van der Waals surface area (Å²) in [6.07, 6.45) is 2.22. The first kappa shape index (κ1) is 30.3. The van der Waals surface area contributed by atoms with Crippen LogP contribution in [0.25, 0.3) is 0 Å². The van der Waals surface area contributed by atoms with Crippen molar-refractivity contribution in [3.05, 3.63) is 96.6 Å². The van der Waals surface area contributed by atoms with Gasteiger partial charge in [-0.2, -0.15) is 0 Å². The first-order valence-corrected chi connectivity index (χ1v) is 12.7. The van der Waals surface area contributed by atoms with E-state index in [0.29, 0.717) is 24.6 Å². The van der Waals surface area contributed by atoms with E-state index in [9.17, 15) is 9.59 Å². The standard InChI is InChI=1S/C24H33N3O5.C6H6/c1-27(20-12-9-13-21(16-20)31-15-8-4-7-14-25)23(28)22(18-30-2)26-24(29)32-17-19-10-5-3-6-11-19;1-2-4-6-5-3-1/h3,5-6,9-13,16,22H,4,7-8,14-15,17-18,25H2,1-2H3,(H,26,29);1-6H/t22-;/m0./s1. The van der Waals surface area contributed by atoms with Crippen molar-refractivity contribution >= 4 is 17.7 Å². The van der Waals surface area contributed by atoms with Gasteiger partial charge in [0, 0.05) is 25.9 Å². The average molecular weight is 522 g/mol. The fourth-order valence-corrected chi connectivity index (χ4v) is 3.39. The van der Waals surface area contributed by atoms with Crippen molar-refractivity contribution in [1.82, 2.24) is 5.32 Å². The Morgan fingerprint density at radius 3 is 2.18 bits per heavy atom. The van der Waals surface area contributed by atoms with Crippen molar-refractivity contribution in [2.75, 3.05) is 38.8 Å². The van der Waals surface area contributed by atoms with Crippen LogP contribution in [0.5, 0.6) is 5.75 Å². The van der Waals surface area contributed by atoms with Gasteiger partial charge in [0.15, 0.2) is 0 Å². The summed E-state index contributed by atoms with van der Waals surface area (Å²) in [5, 5.41) is 2.59. The predicted molar refractivity (Wildman–Crippen MR) is 150 cm³/mol. The van der Waals surface area contributed by atoms with Gasteiger partial charge in [0.25, 0.3) is 5.91 Å². The molecule has 3 N–H and O–H groups in total. The number of carbonyl (C=O) groups is 2. The lowest BCUT2D eigenvalue weighted by molar-refractivity contribution is -0.121. The molecule has 2 amide bonds. The number of nitrogens with two attached hydrogens (primary N) is 1. The Labute approximate surface area is 225 Å². The maximum Gasteiger partial charge on any atom is 0.408 e. The SMILES string of the molecule is COC[C@H](NC(=O)OCc1ccccc1)C(=O)N(C)c1cccc(OCCCCCN)c1.c1ccccc1. The lowest BCUT2D eigenvalue weighted by Crippen LogP contribution is -2.50. The third-order valence-electron chi connectivity index (χ3n) is 5.46. The van der Waals surface area contributed by atoms with Crippen LogP contribution in [0.15, 0.2) is 91.0 Å². The normalized spacial score (nSPS) is 10.9. The number of ether oxygens (including phenoxy) is 3. The molecule has 0 heterocycles. The monoisotopic (exact) mass is 521 g/mol. The second-order valence-corrected chi connectivity index (χ2v) is 8.46. The zero-order valence-electron chi connectivity index (χ0n) is 22.3. The molecule has 8 nitrogen and oxygen atoms in total. The van der Waals surface area contributed by atoms with E-state index in [1.807, 2.05) is 78.9 Å². The summed E-state index contributed by atoms with van der Waals surface area (Å²) in [7, 11) is 3.11. The van der Waals surface area contributed by atoms with Gasteiger partial charge in [-0.1, -0.05) is 72.8 Å². The van der Waals surface area contributed by atoms with Crippen molar-refractivity contribution in [1.29, 1.82) is 0 Å². The van der Waals surface area contributed by atoms with E-state index in [1.165, 1.54) is 12.0 Å². The largest absolute Gasteiger partial charge is 0.494 e. The number of carbonyl (C=O) groups excluding carboxylic acids is 2. The fourth-order valence-electron chi connectivity index (χ4n) is 3.39. The highest BCUT2D eigenvalue weighted by atomic mass is 16.5. The summed E-state index contributed by atoms with van der Waals surface area (Å²) in [5.74, 6) is 0.344. The van der Waals surface area contributed by atoms with Crippen LogP contribution in [0, 0.1) is 0 Å². The molecule has 0 unspecified atom stereocenters. The lowest BCUT2D eigenvalue weighted by atomic mass is 10.2. The third-order valence-corrected chi connectivity index (χ3v) is 5.46. The minimum atomic E-state index is -0.894. The molecular formula is C30H39N3O5. The highest BCUT2D eigenvalue weighted by molar-refractivity contribution is 5.98. The van der Waals surface area contributed by atoms with E-state index in [-0.39, 0.29) is 19.1 Å². The average Bonchev–Trinajstić information content (AvgIpc) is 2.97. The van der Waals surface area contributed by atoms with Gasteiger partial charge in [-0.15, -0.1) is 0 Å². The van der Waals surface area contributed by atoms with Crippen LogP contribution >= 0.6 is 0 Å². The summed E-state index contributed by atoms with van der Waals surface area (Å²) >= 11 is 0. The molecule has 0 bridgehead atoms. The molecule has 3 aromatic rings. The van der Waals surface area contributed by atoms with Crippen molar-refractivity contribution in [3.8, 4) is 5.75 Å². The topological polar surface area (TPSA) is 103 Å². The van der Waals surface area contributed by atoms with Crippen molar-refractivity contribution < 1.29 is 23.8 Å². The molecule has 0 saturated heterocycles. The molecular weight excluding hydrogens is 482 g/mol. The van der Waals surface area contributed by atoms with E-state index in [4.69, 9.17) is 19.9 Å². The van der Waals surface area contributed by atoms with Gasteiger partial charge in [-0.05, 0) is 43.5 Å². The van der Waals surface area contributed by atoms with Crippen LogP contribution < -0.4 is 20.7 Å². The van der Waals surface area contributed by atoms with Crippen LogP contribution in [-0.2, 0) is 20.9 Å². The number of benzene rings is 3. The Kier molecular flexibility index (Phi) is 14.7. The summed E-state index contributed by atoms with van der Waals surface area (Å²) in [4.78, 5) is 26.7. The molecule has 0 aliphatic heterocycles. The lowest BCUT2D eigenvalue weighted by Gasteiger charge is -2.24. The van der Waals surface area contributed by atoms with Crippen molar-refractivity contribution in [2.45, 2.75) is 31.9 Å². The summed E-state index contributed by atoms with van der Waals surface area (Å²) in [5.41, 5.74) is 7.01. The summed E-state index contributed by atoms with van der Waals surface area (Å²) in [6, 6.07) is 27.7. The zero-order chi connectivity index (χ0) is 27.4. The van der Waals surface area contributed by atoms with E-state index in [0.717, 1.165) is 24.8 Å². The minimum absolute atomic E-state index is 0.0148. The number of rotatable bonds is 13. The van der Waals surface area contributed by atoms with Crippen LogP contribution in [0.3, 0.4) is 0 Å². The number of nitrogens with zero attached hydrogens (tertiary/aromatic N) is 1.